The number of hydrogen-bond acceptors (Lipinski definition) is 14. The highest BCUT2D eigenvalue weighted by Gasteiger charge is 2.39. The molecule has 1 heterocycles. The first-order valence-electron chi connectivity index (χ1n) is 27.7. The van der Waals surface area contributed by atoms with Gasteiger partial charge in [0.15, 0.2) is 17.3 Å². The van der Waals surface area contributed by atoms with Crippen molar-refractivity contribution in [3.05, 3.63) is 42.2 Å². The average molecular weight is 1110 g/mol. The molecule has 2 rings (SSSR count). The van der Waals surface area contributed by atoms with Crippen LogP contribution in [0.2, 0.25) is 0 Å². The molecule has 0 aliphatic carbocycles. The Morgan fingerprint density at radius 3 is 1.59 bits per heavy atom. The molecule has 2 aromatic rings. The zero-order chi connectivity index (χ0) is 59.9. The van der Waals surface area contributed by atoms with Crippen LogP contribution < -0.4 is 42.5 Å². The number of benzene rings is 1. The molecular formula is C57H92N12O10. The predicted molar refractivity (Wildman–Crippen MR) is 302 cm³/mol. The molecule has 0 fully saturated rings. The van der Waals surface area contributed by atoms with Gasteiger partial charge in [0.25, 0.3) is 11.7 Å². The van der Waals surface area contributed by atoms with Crippen LogP contribution >= 0.6 is 0 Å². The van der Waals surface area contributed by atoms with Gasteiger partial charge in [-0.05, 0) is 98.6 Å². The maximum absolute atomic E-state index is 14.3. The van der Waals surface area contributed by atoms with E-state index in [0.717, 1.165) is 5.69 Å². The smallest absolute Gasteiger partial charge is 0.292 e. The Kier molecular flexibility index (Phi) is 28.4. The number of Topliss-reactive ketones (excluding diaryl/α,β-unsaturated/α-hetero) is 3. The van der Waals surface area contributed by atoms with Crippen LogP contribution in [0.4, 0.5) is 5.69 Å². The van der Waals surface area contributed by atoms with Gasteiger partial charge in [-0.3, -0.25) is 47.9 Å². The lowest BCUT2D eigenvalue weighted by Crippen LogP contribution is -2.52. The van der Waals surface area contributed by atoms with Gasteiger partial charge in [-0.25, -0.2) is 0 Å². The molecule has 440 valence electrons. The fraction of sp³-hybridized carbons (Fsp3) is 0.667. The van der Waals surface area contributed by atoms with E-state index in [2.05, 4.69) is 53.9 Å². The zero-order valence-electron chi connectivity index (χ0n) is 49.4. The number of ketones is 3. The molecular weight excluding hydrogens is 1010 g/mol. The topological polar surface area (TPSA) is 316 Å². The van der Waals surface area contributed by atoms with Gasteiger partial charge in [-0.1, -0.05) is 88.7 Å². The molecule has 22 nitrogen and oxygen atoms in total. The second-order valence-corrected chi connectivity index (χ2v) is 23.3. The van der Waals surface area contributed by atoms with E-state index >= 15 is 0 Å². The van der Waals surface area contributed by atoms with Gasteiger partial charge in [-0.15, -0.1) is 15.0 Å². The number of aromatic nitrogens is 4. The molecule has 0 saturated carbocycles. The van der Waals surface area contributed by atoms with E-state index in [0.29, 0.717) is 43.5 Å². The second-order valence-electron chi connectivity index (χ2n) is 23.3. The SMILES string of the molecule is C=C(C)C(=O)NCCCC[C@H](CC(=O)[C@@H](NC(C)=O)C(C)C)C(=O)N[C@@H](CC(C)C)C(=O)CC(C)(C)C(=O)N[C@H](C(=O)C[C@@H](CCCCNC(=O)c1nnn(-c2ccc(N(C)C)cc2)n1)C(=O)N[C@@H](CC(C)C)C(N)=O)C(C)C. The van der Waals surface area contributed by atoms with E-state index in [1.54, 1.807) is 60.6 Å². The highest BCUT2D eigenvalue weighted by molar-refractivity contribution is 5.98. The molecule has 0 aliphatic heterocycles. The molecule has 7 amide bonds. The summed E-state index contributed by atoms with van der Waals surface area (Å²) in [6.07, 6.45) is 1.78. The van der Waals surface area contributed by atoms with Crippen molar-refractivity contribution in [3.63, 3.8) is 0 Å². The van der Waals surface area contributed by atoms with Gasteiger partial charge in [-0.2, -0.15) is 0 Å². The van der Waals surface area contributed by atoms with Crippen LogP contribution in [0.25, 0.3) is 5.69 Å². The fourth-order valence-electron chi connectivity index (χ4n) is 8.83. The number of carbonyl (C=O) groups is 10. The maximum Gasteiger partial charge on any atom is 0.292 e. The van der Waals surface area contributed by atoms with Crippen molar-refractivity contribution in [2.75, 3.05) is 32.1 Å². The molecule has 1 aromatic heterocycles. The van der Waals surface area contributed by atoms with E-state index in [-0.39, 0.29) is 86.8 Å². The van der Waals surface area contributed by atoms with Crippen molar-refractivity contribution >= 4 is 64.4 Å². The Hall–Kier alpha value is -6.87. The number of nitrogens with one attached hydrogen (secondary N) is 6. The van der Waals surface area contributed by atoms with Crippen LogP contribution in [0.5, 0.6) is 0 Å². The molecule has 0 saturated heterocycles. The van der Waals surface area contributed by atoms with Gasteiger partial charge in [0.2, 0.25) is 35.4 Å². The number of nitrogens with two attached hydrogens (primary N) is 1. The van der Waals surface area contributed by atoms with Crippen molar-refractivity contribution in [1.29, 1.82) is 0 Å². The third kappa shape index (κ3) is 24.0. The normalized spacial score (nSPS) is 13.8. The predicted octanol–water partition coefficient (Wildman–Crippen LogP) is 4.48. The van der Waals surface area contributed by atoms with Crippen LogP contribution in [-0.2, 0) is 43.2 Å². The van der Waals surface area contributed by atoms with Crippen molar-refractivity contribution in [3.8, 4) is 5.69 Å². The summed E-state index contributed by atoms with van der Waals surface area (Å²) >= 11 is 0. The van der Waals surface area contributed by atoms with Crippen molar-refractivity contribution in [2.45, 2.75) is 178 Å². The number of tetrazole rings is 1. The van der Waals surface area contributed by atoms with E-state index < -0.39 is 94.3 Å². The first-order valence-corrected chi connectivity index (χ1v) is 27.7. The van der Waals surface area contributed by atoms with Crippen LogP contribution in [0.15, 0.2) is 36.4 Å². The number of unbranched alkanes of at least 4 members (excludes halogenated alkanes) is 2. The van der Waals surface area contributed by atoms with Crippen LogP contribution in [0, 0.1) is 40.9 Å². The van der Waals surface area contributed by atoms with Crippen LogP contribution in [-0.4, -0.2) is 130 Å². The highest BCUT2D eigenvalue weighted by atomic mass is 16.2. The first-order chi connectivity index (χ1) is 36.8. The Morgan fingerprint density at radius 2 is 1.14 bits per heavy atom. The largest absolute Gasteiger partial charge is 0.378 e. The molecule has 0 bridgehead atoms. The number of nitrogens with zero attached hydrogens (tertiary/aromatic N) is 5. The molecule has 22 heteroatoms. The second kappa shape index (κ2) is 32.9. The summed E-state index contributed by atoms with van der Waals surface area (Å²) < 4.78 is 0. The minimum absolute atomic E-state index is 0.00565. The highest BCUT2D eigenvalue weighted by Crippen LogP contribution is 2.27. The Labute approximate surface area is 467 Å². The summed E-state index contributed by atoms with van der Waals surface area (Å²) in [6, 6.07) is 3.40. The monoisotopic (exact) mass is 1100 g/mol. The lowest BCUT2D eigenvalue weighted by atomic mass is 9.82. The Bertz CT molecular complexity index is 2410. The van der Waals surface area contributed by atoms with E-state index in [1.807, 2.05) is 58.8 Å². The van der Waals surface area contributed by atoms with Crippen molar-refractivity contribution in [2.24, 2.45) is 46.7 Å². The first kappa shape index (κ1) is 68.2. The minimum atomic E-state index is -1.40. The van der Waals surface area contributed by atoms with Gasteiger partial charge >= 0.3 is 0 Å². The van der Waals surface area contributed by atoms with Gasteiger partial charge in [0, 0.05) is 76.5 Å². The van der Waals surface area contributed by atoms with Gasteiger partial charge in [0.1, 0.15) is 6.04 Å². The lowest BCUT2D eigenvalue weighted by Gasteiger charge is -2.31. The standard InChI is InChI=1S/C57H92N12O10/c1-33(2)28-43(62-53(76)39(20-16-18-26-59-52(75)37(9)10)30-45(71)48(35(5)6)61-38(11)70)47(73)32-57(12,13)56(79)64-49(36(7)8)46(72)31-40(54(77)63-44(50(58)74)29-34(3)4)21-17-19-27-60-55(78)51-65-67-69(66-51)42-24-22-41(23-25-42)68(14)15/h22-25,33-36,39-40,43-44,48-49H,9,16-21,26-32H2,1-8,10-15H3,(H2,58,74)(H,59,75)(H,60,78)(H,61,70)(H,62,76)(H,63,77)(H,64,79)/t39-,40-,43+,44+,48+,49+/m1/s1. The number of anilines is 1. The molecule has 0 spiro atoms. The third-order valence-electron chi connectivity index (χ3n) is 13.5. The van der Waals surface area contributed by atoms with E-state index in [9.17, 15) is 47.9 Å². The lowest BCUT2D eigenvalue weighted by molar-refractivity contribution is -0.139. The van der Waals surface area contributed by atoms with Crippen molar-refractivity contribution < 1.29 is 47.9 Å². The number of amides is 7. The summed E-state index contributed by atoms with van der Waals surface area (Å²) in [5.74, 6) is -7.67. The number of carbonyl (C=O) groups excluding carboxylic acids is 10. The fourth-order valence-corrected chi connectivity index (χ4v) is 8.83. The molecule has 79 heavy (non-hydrogen) atoms. The molecule has 0 unspecified atom stereocenters. The minimum Gasteiger partial charge on any atom is -0.378 e. The number of primary amides is 1. The number of rotatable bonds is 37. The van der Waals surface area contributed by atoms with E-state index in [1.165, 1.54) is 11.7 Å². The number of hydrogen-bond donors (Lipinski definition) is 7. The maximum atomic E-state index is 14.3. The van der Waals surface area contributed by atoms with Gasteiger partial charge < -0.3 is 42.5 Å². The van der Waals surface area contributed by atoms with E-state index in [4.69, 9.17) is 5.73 Å². The molecule has 1 aromatic carbocycles. The molecule has 0 aliphatic rings. The third-order valence-corrected chi connectivity index (χ3v) is 13.5. The Morgan fingerprint density at radius 1 is 0.658 bits per heavy atom. The van der Waals surface area contributed by atoms with Gasteiger partial charge in [0.05, 0.1) is 29.2 Å². The summed E-state index contributed by atoms with van der Waals surface area (Å²) in [5.41, 5.74) is 6.22. The average Bonchev–Trinajstić information content (AvgIpc) is 3.85. The molecule has 8 N–H and O–H groups in total. The quantitative estimate of drug-likeness (QED) is 0.0363. The summed E-state index contributed by atoms with van der Waals surface area (Å²) in [6.45, 7) is 24.8. The summed E-state index contributed by atoms with van der Waals surface area (Å²) in [5, 5.41) is 28.8. The van der Waals surface area contributed by atoms with Crippen LogP contribution in [0.3, 0.4) is 0 Å². The summed E-state index contributed by atoms with van der Waals surface area (Å²) in [4.78, 5) is 137. The van der Waals surface area contributed by atoms with Crippen molar-refractivity contribution in [1.82, 2.24) is 52.1 Å². The van der Waals surface area contributed by atoms with Crippen LogP contribution in [0.1, 0.15) is 164 Å². The molecule has 6 atom stereocenters. The molecule has 0 radical (unpaired) electrons. The summed E-state index contributed by atoms with van der Waals surface area (Å²) in [7, 11) is 3.83. The zero-order valence-corrected chi connectivity index (χ0v) is 49.4. The Balaban J connectivity index is 2.27.